The lowest BCUT2D eigenvalue weighted by molar-refractivity contribution is 0.0484. The van der Waals surface area contributed by atoms with E-state index in [0.717, 1.165) is 39.3 Å². The second-order valence-electron chi connectivity index (χ2n) is 9.06. The number of Topliss-reactive ketones (excluding diaryl/α,β-unsaturated/α-hetero) is 1. The third-order valence-corrected chi connectivity index (χ3v) is 7.83. The summed E-state index contributed by atoms with van der Waals surface area (Å²) in [7, 11) is 0. The summed E-state index contributed by atoms with van der Waals surface area (Å²) < 4.78 is 5.46. The zero-order chi connectivity index (χ0) is 23.7. The van der Waals surface area contributed by atoms with Gasteiger partial charge in [-0.15, -0.1) is 11.3 Å². The summed E-state index contributed by atoms with van der Waals surface area (Å²) in [6.45, 7) is 4.83. The molecular formula is C28H28N2O3S. The number of aromatic nitrogens is 1. The summed E-state index contributed by atoms with van der Waals surface area (Å²) in [6.07, 6.45) is 4.68. The van der Waals surface area contributed by atoms with Gasteiger partial charge in [0.25, 0.3) is 5.91 Å². The standard InChI is InChI=1S/C28H28N2O3S/c1-18-8-7-16-30(28(32)26-27(34-19(2)29-26)20-9-4-3-5-10-20)23(18)13-14-24(31)21-11-6-12-25-22(21)15-17-33-25/h3-6,9-12,15,17-18,23H,7-8,13-14,16H2,1-2H3/t18-,23-/m1/s1. The molecule has 0 bridgehead atoms. The second kappa shape index (κ2) is 9.55. The number of aryl methyl sites for hydroxylation is 1. The summed E-state index contributed by atoms with van der Waals surface area (Å²) in [6, 6.07) is 17.4. The zero-order valence-electron chi connectivity index (χ0n) is 19.5. The van der Waals surface area contributed by atoms with Crippen LogP contribution in [-0.4, -0.2) is 34.2 Å². The number of piperidine rings is 1. The molecule has 0 aliphatic carbocycles. The molecule has 2 aromatic heterocycles. The van der Waals surface area contributed by atoms with Gasteiger partial charge in [0, 0.05) is 30.0 Å². The van der Waals surface area contributed by atoms with E-state index in [1.54, 1.807) is 17.6 Å². The van der Waals surface area contributed by atoms with Gasteiger partial charge in [-0.05, 0) is 49.8 Å². The van der Waals surface area contributed by atoms with Crippen molar-refractivity contribution in [1.29, 1.82) is 0 Å². The van der Waals surface area contributed by atoms with Gasteiger partial charge in [0.1, 0.15) is 11.3 Å². The summed E-state index contributed by atoms with van der Waals surface area (Å²) in [5.41, 5.74) is 2.96. The molecule has 174 valence electrons. The molecule has 0 saturated carbocycles. The Morgan fingerprint density at radius 3 is 2.76 bits per heavy atom. The third-order valence-electron chi connectivity index (χ3n) is 6.81. The highest BCUT2D eigenvalue weighted by Crippen LogP contribution is 2.34. The average Bonchev–Trinajstić information content (AvgIpc) is 3.49. The first-order chi connectivity index (χ1) is 16.5. The lowest BCUT2D eigenvalue weighted by atomic mass is 9.86. The predicted octanol–water partition coefficient (Wildman–Crippen LogP) is 6.77. The zero-order valence-corrected chi connectivity index (χ0v) is 20.3. The lowest BCUT2D eigenvalue weighted by Gasteiger charge is -2.40. The van der Waals surface area contributed by atoms with Crippen LogP contribution in [0.1, 0.15) is 58.5 Å². The van der Waals surface area contributed by atoms with Crippen molar-refractivity contribution in [1.82, 2.24) is 9.88 Å². The molecule has 0 unspecified atom stereocenters. The molecule has 5 nitrogen and oxygen atoms in total. The quantitative estimate of drug-likeness (QED) is 0.291. The fourth-order valence-corrected chi connectivity index (χ4v) is 6.00. The van der Waals surface area contributed by atoms with Crippen LogP contribution in [0.5, 0.6) is 0 Å². The Balaban J connectivity index is 1.38. The van der Waals surface area contributed by atoms with Crippen LogP contribution in [0.3, 0.4) is 0 Å². The molecule has 1 fully saturated rings. The Morgan fingerprint density at radius 2 is 1.94 bits per heavy atom. The fourth-order valence-electron chi connectivity index (χ4n) is 5.09. The van der Waals surface area contributed by atoms with Gasteiger partial charge >= 0.3 is 0 Å². The van der Waals surface area contributed by atoms with Crippen LogP contribution in [-0.2, 0) is 0 Å². The van der Waals surface area contributed by atoms with Crippen molar-refractivity contribution in [2.75, 3.05) is 6.54 Å². The maximum atomic E-state index is 13.8. The number of ketones is 1. The number of hydrogen-bond donors (Lipinski definition) is 0. The van der Waals surface area contributed by atoms with E-state index in [9.17, 15) is 9.59 Å². The van der Waals surface area contributed by atoms with E-state index in [1.165, 1.54) is 0 Å². The number of carbonyl (C=O) groups is 2. The second-order valence-corrected chi connectivity index (χ2v) is 10.3. The minimum Gasteiger partial charge on any atom is -0.464 e. The number of rotatable bonds is 6. The number of furan rings is 1. The molecule has 1 amide bonds. The van der Waals surface area contributed by atoms with Crippen LogP contribution in [0, 0.1) is 12.8 Å². The topological polar surface area (TPSA) is 63.4 Å². The highest BCUT2D eigenvalue weighted by atomic mass is 32.1. The highest BCUT2D eigenvalue weighted by molar-refractivity contribution is 7.15. The molecule has 0 N–H and O–H groups in total. The van der Waals surface area contributed by atoms with Gasteiger partial charge in [-0.3, -0.25) is 9.59 Å². The molecule has 3 heterocycles. The van der Waals surface area contributed by atoms with Gasteiger partial charge in [0.05, 0.1) is 16.1 Å². The first kappa shape index (κ1) is 22.5. The molecule has 0 spiro atoms. The molecular weight excluding hydrogens is 444 g/mol. The van der Waals surface area contributed by atoms with Crippen molar-refractivity contribution in [3.63, 3.8) is 0 Å². The van der Waals surface area contributed by atoms with E-state index in [0.29, 0.717) is 36.6 Å². The number of benzene rings is 2. The SMILES string of the molecule is Cc1nc(C(=O)N2CCC[C@@H](C)[C@H]2CCC(=O)c2cccc3occc23)c(-c2ccccc2)s1. The number of thiazole rings is 1. The van der Waals surface area contributed by atoms with Gasteiger partial charge in [-0.2, -0.15) is 0 Å². The van der Waals surface area contributed by atoms with Crippen LogP contribution >= 0.6 is 11.3 Å². The van der Waals surface area contributed by atoms with E-state index < -0.39 is 0 Å². The smallest absolute Gasteiger partial charge is 0.274 e. The van der Waals surface area contributed by atoms with Gasteiger partial charge in [0.2, 0.25) is 0 Å². The molecule has 6 heteroatoms. The van der Waals surface area contributed by atoms with Crippen LogP contribution in [0.25, 0.3) is 21.4 Å². The van der Waals surface area contributed by atoms with E-state index in [4.69, 9.17) is 4.42 Å². The third kappa shape index (κ3) is 4.30. The summed E-state index contributed by atoms with van der Waals surface area (Å²) >= 11 is 1.56. The normalized spacial score (nSPS) is 18.4. The summed E-state index contributed by atoms with van der Waals surface area (Å²) in [5, 5.41) is 1.73. The molecule has 34 heavy (non-hydrogen) atoms. The predicted molar refractivity (Wildman–Crippen MR) is 135 cm³/mol. The van der Waals surface area contributed by atoms with Crippen molar-refractivity contribution in [2.45, 2.75) is 45.6 Å². The molecule has 1 aliphatic heterocycles. The molecule has 2 aromatic carbocycles. The largest absolute Gasteiger partial charge is 0.464 e. The van der Waals surface area contributed by atoms with E-state index in [1.807, 2.05) is 66.4 Å². The van der Waals surface area contributed by atoms with Crippen molar-refractivity contribution < 1.29 is 14.0 Å². The molecule has 0 radical (unpaired) electrons. The number of likely N-dealkylation sites (tertiary alicyclic amines) is 1. The minimum absolute atomic E-state index is 0.0133. The van der Waals surface area contributed by atoms with Gasteiger partial charge in [0.15, 0.2) is 5.78 Å². The van der Waals surface area contributed by atoms with Crippen molar-refractivity contribution >= 4 is 34.0 Å². The lowest BCUT2D eigenvalue weighted by Crippen LogP contribution is -2.48. The van der Waals surface area contributed by atoms with Crippen LogP contribution in [0.2, 0.25) is 0 Å². The number of amides is 1. The number of nitrogens with zero attached hydrogens (tertiary/aromatic N) is 2. The fraction of sp³-hybridized carbons (Fsp3) is 0.321. The Bertz CT molecular complexity index is 1320. The van der Waals surface area contributed by atoms with E-state index >= 15 is 0 Å². The maximum absolute atomic E-state index is 13.8. The first-order valence-electron chi connectivity index (χ1n) is 11.9. The number of fused-ring (bicyclic) bond motifs is 1. The Hall–Kier alpha value is -3.25. The molecule has 1 aliphatic rings. The number of hydrogen-bond acceptors (Lipinski definition) is 5. The molecule has 4 aromatic rings. The van der Waals surface area contributed by atoms with Crippen LogP contribution < -0.4 is 0 Å². The molecule has 5 rings (SSSR count). The van der Waals surface area contributed by atoms with E-state index in [2.05, 4.69) is 11.9 Å². The molecule has 2 atom stereocenters. The van der Waals surface area contributed by atoms with Crippen LogP contribution in [0.15, 0.2) is 65.3 Å². The summed E-state index contributed by atoms with van der Waals surface area (Å²) in [4.78, 5) is 34.5. The molecule has 1 saturated heterocycles. The first-order valence-corrected chi connectivity index (χ1v) is 12.7. The minimum atomic E-state index is -0.0239. The Labute approximate surface area is 203 Å². The van der Waals surface area contributed by atoms with E-state index in [-0.39, 0.29) is 17.7 Å². The highest BCUT2D eigenvalue weighted by Gasteiger charge is 2.35. The van der Waals surface area contributed by atoms with Gasteiger partial charge in [-0.25, -0.2) is 4.98 Å². The maximum Gasteiger partial charge on any atom is 0.274 e. The summed E-state index contributed by atoms with van der Waals surface area (Å²) in [5.74, 6) is 0.394. The Kier molecular flexibility index (Phi) is 6.33. The van der Waals surface area contributed by atoms with Crippen molar-refractivity contribution in [3.05, 3.63) is 77.1 Å². The van der Waals surface area contributed by atoms with Gasteiger partial charge < -0.3 is 9.32 Å². The monoisotopic (exact) mass is 472 g/mol. The van der Waals surface area contributed by atoms with Crippen molar-refractivity contribution in [3.8, 4) is 10.4 Å². The number of carbonyl (C=O) groups excluding carboxylic acids is 2. The average molecular weight is 473 g/mol. The van der Waals surface area contributed by atoms with Crippen molar-refractivity contribution in [2.24, 2.45) is 5.92 Å². The van der Waals surface area contributed by atoms with Crippen LogP contribution in [0.4, 0.5) is 0 Å². The van der Waals surface area contributed by atoms with Gasteiger partial charge in [-0.1, -0.05) is 49.4 Å². The Morgan fingerprint density at radius 1 is 1.12 bits per heavy atom.